The minimum atomic E-state index is -0.629. The predicted molar refractivity (Wildman–Crippen MR) is 357 cm³/mol. The van der Waals surface area contributed by atoms with E-state index < -0.39 is 60.6 Å². The normalized spacial score (nSPS) is 17.1. The summed E-state index contributed by atoms with van der Waals surface area (Å²) in [6.45, 7) is 24.2. The Hall–Kier alpha value is -10.6. The largest absolute Gasteiger partial charge is 0.321 e. The summed E-state index contributed by atoms with van der Waals surface area (Å²) >= 11 is 0. The Labute approximate surface area is 531 Å². The van der Waals surface area contributed by atoms with Gasteiger partial charge in [-0.2, -0.15) is 0 Å². The first-order chi connectivity index (χ1) is 43.5. The maximum absolute atomic E-state index is 15.2. The van der Waals surface area contributed by atoms with Crippen molar-refractivity contribution < 1.29 is 38.4 Å². The third-order valence-electron chi connectivity index (χ3n) is 19.4. The molecule has 0 fully saturated rings. The molecule has 0 saturated heterocycles. The zero-order valence-corrected chi connectivity index (χ0v) is 53.3. The van der Waals surface area contributed by atoms with Crippen molar-refractivity contribution in [2.75, 3.05) is 13.3 Å². The second kappa shape index (κ2) is 19.5. The van der Waals surface area contributed by atoms with Gasteiger partial charge in [0.1, 0.15) is 13.3 Å². The summed E-state index contributed by atoms with van der Waals surface area (Å²) in [5.74, 6) is -4.53. The molecule has 6 heterocycles. The fraction of sp³-hybridized carbons (Fsp3) is 0.231. The van der Waals surface area contributed by atoms with Crippen LogP contribution >= 0.6 is 0 Å². The van der Waals surface area contributed by atoms with Crippen molar-refractivity contribution >= 4 is 113 Å². The quantitative estimate of drug-likeness (QED) is 0.0859. The van der Waals surface area contributed by atoms with Crippen LogP contribution in [0.25, 0.3) is 65.9 Å². The fourth-order valence-electron chi connectivity index (χ4n) is 14.3. The van der Waals surface area contributed by atoms with E-state index in [1.165, 1.54) is 9.80 Å². The average molecular weight is 1220 g/mol. The number of hydrogen-bond acceptors (Lipinski definition) is 8. The van der Waals surface area contributed by atoms with E-state index in [0.717, 1.165) is 32.1 Å². The van der Waals surface area contributed by atoms with Gasteiger partial charge < -0.3 is 10.6 Å². The molecule has 92 heavy (non-hydrogen) atoms. The van der Waals surface area contributed by atoms with Gasteiger partial charge in [-0.05, 0) is 123 Å². The highest BCUT2D eigenvalue weighted by atomic mass is 16.2. The van der Waals surface area contributed by atoms with E-state index in [2.05, 4.69) is 93.7 Å². The number of hydrogen-bond donors (Lipinski definition) is 2. The van der Waals surface area contributed by atoms with Crippen LogP contribution in [0.5, 0.6) is 0 Å². The lowest BCUT2D eigenvalue weighted by Crippen LogP contribution is -2.47. The minimum Gasteiger partial charge on any atom is -0.321 e. The van der Waals surface area contributed by atoms with Crippen molar-refractivity contribution in [2.24, 2.45) is 0 Å². The second-order valence-electron chi connectivity index (χ2n) is 29.1. The molecule has 0 atom stereocenters. The second-order valence-corrected chi connectivity index (χ2v) is 29.1. The van der Waals surface area contributed by atoms with E-state index in [1.54, 1.807) is 24.3 Å². The molecule has 0 spiro atoms. The number of amides is 8. The summed E-state index contributed by atoms with van der Waals surface area (Å²) in [6, 6.07) is 44.8. The van der Waals surface area contributed by atoms with Gasteiger partial charge >= 0.3 is 0 Å². The lowest BCUT2D eigenvalue weighted by Gasteiger charge is -2.33. The van der Waals surface area contributed by atoms with Crippen LogP contribution < -0.4 is 10.6 Å². The van der Waals surface area contributed by atoms with E-state index in [9.17, 15) is 9.59 Å². The molecule has 2 N–H and O–H groups in total. The van der Waals surface area contributed by atoms with Crippen molar-refractivity contribution in [1.82, 2.24) is 30.2 Å². The standard InChI is InChI=1S/C78H66N6O8/c1-75(2,3)43-21-13-39(14-22-43)63-59-61(67(85)79-63)65(41-17-25-45(26-18-41)77(7,8)9)81(73(59)91)37-83-69(87)51-33-29-47-49-31-35-53-58-54(36-32-50(56(49)58)48-30-34-52(70(83)88)57(51)55(47)48)72(90)84(71(53)89)38-82-66(42-19-27-46(28-20-42)78(10,11)12)62-60(74(82)92)64(80-68(62)86)40-15-23-44(24-16-40)76(4,5)6/h13-36H,37-38H2,1-12H3,(H,79,85)(H,80,86). The highest BCUT2D eigenvalue weighted by Gasteiger charge is 2.50. The predicted octanol–water partition coefficient (Wildman–Crippen LogP) is 13.6. The highest BCUT2D eigenvalue weighted by molar-refractivity contribution is 6.42. The maximum atomic E-state index is 15.2. The monoisotopic (exact) mass is 1210 g/mol. The van der Waals surface area contributed by atoms with Crippen molar-refractivity contribution in [3.8, 4) is 0 Å². The molecule has 0 aliphatic carbocycles. The zero-order valence-electron chi connectivity index (χ0n) is 53.3. The molecule has 9 aromatic rings. The van der Waals surface area contributed by atoms with Gasteiger partial charge in [-0.25, -0.2) is 0 Å². The molecule has 0 radical (unpaired) electrons. The Bertz CT molecular complexity index is 4650. The average Bonchev–Trinajstić information content (AvgIpc) is 1.33. The van der Waals surface area contributed by atoms with Gasteiger partial charge in [0.05, 0.1) is 45.1 Å². The molecule has 8 amide bonds. The van der Waals surface area contributed by atoms with Crippen LogP contribution in [0.15, 0.2) is 168 Å². The third kappa shape index (κ3) is 8.37. The Morgan fingerprint density at radius 3 is 0.772 bits per heavy atom. The van der Waals surface area contributed by atoms with Crippen molar-refractivity contribution in [3.63, 3.8) is 0 Å². The molecular formula is C78H66N6O8. The van der Waals surface area contributed by atoms with Gasteiger partial charge in [-0.15, -0.1) is 0 Å². The van der Waals surface area contributed by atoms with Crippen LogP contribution in [-0.2, 0) is 40.8 Å². The zero-order chi connectivity index (χ0) is 64.9. The summed E-state index contributed by atoms with van der Waals surface area (Å²) in [7, 11) is 0. The Morgan fingerprint density at radius 1 is 0.272 bits per heavy atom. The van der Waals surface area contributed by atoms with Gasteiger partial charge in [0.15, 0.2) is 0 Å². The molecule has 456 valence electrons. The van der Waals surface area contributed by atoms with Gasteiger partial charge in [0, 0.05) is 33.0 Å². The van der Waals surface area contributed by atoms with Gasteiger partial charge in [0.2, 0.25) is 0 Å². The lowest BCUT2D eigenvalue weighted by molar-refractivity contribution is -0.124. The minimum absolute atomic E-state index is 0.144. The van der Waals surface area contributed by atoms with Gasteiger partial charge in [0.25, 0.3) is 47.3 Å². The fourth-order valence-corrected chi connectivity index (χ4v) is 14.3. The number of imide groups is 2. The molecule has 0 unspecified atom stereocenters. The maximum Gasteiger partial charge on any atom is 0.262 e. The van der Waals surface area contributed by atoms with Gasteiger partial charge in [-0.3, -0.25) is 58.0 Å². The van der Waals surface area contributed by atoms with E-state index in [0.29, 0.717) is 76.7 Å². The molecule has 14 nitrogen and oxygen atoms in total. The number of benzene rings is 9. The molecular weight excluding hydrogens is 1150 g/mol. The molecule has 0 saturated carbocycles. The summed E-state index contributed by atoms with van der Waals surface area (Å²) < 4.78 is 0. The number of fused-ring (bicyclic) bond motifs is 4. The summed E-state index contributed by atoms with van der Waals surface area (Å²) in [5.41, 5.74) is 8.80. The Balaban J connectivity index is 0.792. The Morgan fingerprint density at radius 2 is 0.522 bits per heavy atom. The smallest absolute Gasteiger partial charge is 0.262 e. The van der Waals surface area contributed by atoms with Crippen molar-refractivity contribution in [2.45, 2.75) is 105 Å². The number of nitrogens with zero attached hydrogens (tertiary/aromatic N) is 4. The summed E-state index contributed by atoms with van der Waals surface area (Å²) in [4.78, 5) is 125. The highest BCUT2D eigenvalue weighted by Crippen LogP contribution is 2.50. The molecule has 14 heteroatoms. The lowest BCUT2D eigenvalue weighted by atomic mass is 9.82. The summed E-state index contributed by atoms with van der Waals surface area (Å²) in [5, 5.41) is 10.8. The van der Waals surface area contributed by atoms with Crippen LogP contribution in [0.4, 0.5) is 0 Å². The topological polar surface area (TPSA) is 174 Å². The van der Waals surface area contributed by atoms with E-state index in [-0.39, 0.29) is 77.6 Å². The number of carbonyl (C=O) groups excluding carboxylic acids is 8. The van der Waals surface area contributed by atoms with Crippen LogP contribution in [0.1, 0.15) is 169 Å². The molecule has 6 aliphatic rings. The first-order valence-corrected chi connectivity index (χ1v) is 31.1. The number of nitrogens with one attached hydrogen (secondary N) is 2. The molecule has 0 aromatic heterocycles. The van der Waals surface area contributed by atoms with Crippen molar-refractivity contribution in [1.29, 1.82) is 0 Å². The SMILES string of the molecule is CC(C)(C)c1ccc(C2=C3C(=O)N(CN4C(=O)c5ccc6c7ccc8c9c(ccc(c%10ccc(c5c6%10)C4=O)c97)C(=O)N(CN4C(=O)C5=C(c6ccc(C(C)(C)C)cc6)NC(=O)C5=C4c4ccc(C(C)(C)C)cc4)C8=O)C(c4ccc(C(C)(C)C)cc4)=C3C(=O)N2)cc1. The molecule has 15 rings (SSSR count). The third-order valence-corrected chi connectivity index (χ3v) is 19.4. The molecule has 6 aliphatic heterocycles. The van der Waals surface area contributed by atoms with Crippen LogP contribution in [0.2, 0.25) is 0 Å². The van der Waals surface area contributed by atoms with Crippen LogP contribution in [0.3, 0.4) is 0 Å². The first kappa shape index (κ1) is 57.8. The van der Waals surface area contributed by atoms with Crippen molar-refractivity contribution in [3.05, 3.63) is 235 Å². The first-order valence-electron chi connectivity index (χ1n) is 31.1. The Kier molecular flexibility index (Phi) is 12.2. The number of carbonyl (C=O) groups is 8. The number of rotatable bonds is 8. The molecule has 0 bridgehead atoms. The van der Waals surface area contributed by atoms with E-state index in [4.69, 9.17) is 0 Å². The van der Waals surface area contributed by atoms with E-state index >= 15 is 28.8 Å². The van der Waals surface area contributed by atoms with Gasteiger partial charge in [-0.1, -0.05) is 204 Å². The molecule has 9 aromatic carbocycles. The van der Waals surface area contributed by atoms with Crippen LogP contribution in [0, 0.1) is 0 Å². The van der Waals surface area contributed by atoms with Crippen LogP contribution in [-0.4, -0.2) is 80.2 Å². The summed E-state index contributed by atoms with van der Waals surface area (Å²) in [6.07, 6.45) is 0. The van der Waals surface area contributed by atoms with E-state index in [1.807, 2.05) is 121 Å².